The fraction of sp³-hybridized carbons (Fsp3) is 0.333. The predicted octanol–water partition coefficient (Wildman–Crippen LogP) is 2.74. The summed E-state index contributed by atoms with van der Waals surface area (Å²) in [4.78, 5) is 23.9. The first-order chi connectivity index (χ1) is 13.8. The number of ether oxygens (including phenoxy) is 2. The van der Waals surface area contributed by atoms with Gasteiger partial charge in [0.1, 0.15) is 17.2 Å². The Kier molecular flexibility index (Phi) is 8.15. The van der Waals surface area contributed by atoms with E-state index in [9.17, 15) is 14.7 Å². The van der Waals surface area contributed by atoms with Crippen LogP contribution in [0.15, 0.2) is 36.4 Å². The highest BCUT2D eigenvalue weighted by Gasteiger charge is 2.14. The van der Waals surface area contributed by atoms with Gasteiger partial charge < -0.3 is 25.2 Å². The molecule has 0 aliphatic carbocycles. The van der Waals surface area contributed by atoms with Crippen molar-refractivity contribution >= 4 is 23.4 Å². The Morgan fingerprint density at radius 2 is 1.62 bits per heavy atom. The third kappa shape index (κ3) is 7.19. The molecular weight excluding hydrogens is 396 g/mol. The first-order valence-electron chi connectivity index (χ1n) is 9.16. The minimum Gasteiger partial charge on any atom is -0.508 e. The van der Waals surface area contributed by atoms with Gasteiger partial charge in [-0.3, -0.25) is 9.59 Å². The zero-order valence-corrected chi connectivity index (χ0v) is 17.4. The Morgan fingerprint density at radius 1 is 1.03 bits per heavy atom. The summed E-state index contributed by atoms with van der Waals surface area (Å²) in [5, 5.41) is 15.3. The first kappa shape index (κ1) is 22.4. The molecule has 0 heterocycles. The number of hydrogen-bond donors (Lipinski definition) is 3. The molecule has 2 rings (SSSR count). The molecule has 0 spiro atoms. The summed E-state index contributed by atoms with van der Waals surface area (Å²) in [6.45, 7) is 5.75. The molecule has 0 bridgehead atoms. The van der Waals surface area contributed by atoms with Crippen LogP contribution in [0.25, 0.3) is 0 Å². The molecule has 8 heteroatoms. The summed E-state index contributed by atoms with van der Waals surface area (Å²) < 4.78 is 11.0. The number of aryl methyl sites for hydroxylation is 2. The summed E-state index contributed by atoms with van der Waals surface area (Å²) in [5.74, 6) is 0.570. The maximum Gasteiger partial charge on any atom is 0.260 e. The van der Waals surface area contributed by atoms with Crippen molar-refractivity contribution in [2.24, 2.45) is 0 Å². The number of benzene rings is 2. The van der Waals surface area contributed by atoms with Crippen molar-refractivity contribution < 1.29 is 24.2 Å². The summed E-state index contributed by atoms with van der Waals surface area (Å²) >= 11 is 6.11. The Balaban J connectivity index is 1.65. The van der Waals surface area contributed by atoms with Crippen molar-refractivity contribution in [3.63, 3.8) is 0 Å². The number of hydrogen-bond acceptors (Lipinski definition) is 5. The number of aromatic hydroxyl groups is 1. The van der Waals surface area contributed by atoms with Crippen LogP contribution >= 0.6 is 11.6 Å². The Morgan fingerprint density at radius 3 is 2.24 bits per heavy atom. The van der Waals surface area contributed by atoms with Crippen LogP contribution in [0.4, 0.5) is 0 Å². The van der Waals surface area contributed by atoms with Crippen LogP contribution in [0, 0.1) is 13.8 Å². The molecule has 2 amide bonds. The SMILES string of the molecule is Cc1cc(OCC(=O)NCCNC(=O)C(C)Oc2ccc(O)cc2)cc(C)c1Cl. The molecule has 29 heavy (non-hydrogen) atoms. The number of halogens is 1. The first-order valence-corrected chi connectivity index (χ1v) is 9.53. The highest BCUT2D eigenvalue weighted by atomic mass is 35.5. The molecule has 156 valence electrons. The standard InChI is InChI=1S/C21H25ClN2O5/c1-13-10-18(11-14(2)20(13)22)28-12-19(26)23-8-9-24-21(27)15(3)29-17-6-4-16(25)5-7-17/h4-7,10-11,15,25H,8-9,12H2,1-3H3,(H,23,26)(H,24,27). The molecule has 0 saturated carbocycles. The van der Waals surface area contributed by atoms with E-state index >= 15 is 0 Å². The Labute approximate surface area is 175 Å². The number of amides is 2. The topological polar surface area (TPSA) is 96.9 Å². The predicted molar refractivity (Wildman–Crippen MR) is 111 cm³/mol. The zero-order valence-electron chi connectivity index (χ0n) is 16.6. The van der Waals surface area contributed by atoms with E-state index in [2.05, 4.69) is 10.6 Å². The molecule has 0 aliphatic rings. The fourth-order valence-electron chi connectivity index (χ4n) is 2.50. The molecule has 0 saturated heterocycles. The van der Waals surface area contributed by atoms with E-state index in [1.807, 2.05) is 13.8 Å². The largest absolute Gasteiger partial charge is 0.508 e. The third-order valence-corrected chi connectivity index (χ3v) is 4.64. The van der Waals surface area contributed by atoms with Gasteiger partial charge in [0.15, 0.2) is 12.7 Å². The van der Waals surface area contributed by atoms with E-state index in [0.29, 0.717) is 16.5 Å². The van der Waals surface area contributed by atoms with Gasteiger partial charge in [0, 0.05) is 18.1 Å². The van der Waals surface area contributed by atoms with Crippen molar-refractivity contribution in [2.45, 2.75) is 26.9 Å². The Hall–Kier alpha value is -2.93. The van der Waals surface area contributed by atoms with Crippen LogP contribution in [-0.4, -0.2) is 42.7 Å². The molecule has 2 aromatic rings. The molecule has 1 unspecified atom stereocenters. The molecular formula is C21H25ClN2O5. The Bertz CT molecular complexity index is 832. The quantitative estimate of drug-likeness (QED) is 0.542. The second-order valence-corrected chi connectivity index (χ2v) is 6.93. The average Bonchev–Trinajstić information content (AvgIpc) is 2.69. The van der Waals surface area contributed by atoms with E-state index in [1.165, 1.54) is 12.1 Å². The number of nitrogens with one attached hydrogen (secondary N) is 2. The van der Waals surface area contributed by atoms with Crippen LogP contribution in [0.2, 0.25) is 5.02 Å². The molecule has 0 radical (unpaired) electrons. The van der Waals surface area contributed by atoms with Gasteiger partial charge in [-0.15, -0.1) is 0 Å². The van der Waals surface area contributed by atoms with Gasteiger partial charge in [-0.05, 0) is 68.3 Å². The highest BCUT2D eigenvalue weighted by Crippen LogP contribution is 2.25. The molecule has 1 atom stereocenters. The number of phenolic OH excluding ortho intramolecular Hbond substituents is 1. The normalized spacial score (nSPS) is 11.4. The van der Waals surface area contributed by atoms with Crippen molar-refractivity contribution in [3.05, 3.63) is 52.5 Å². The second kappa shape index (κ2) is 10.6. The van der Waals surface area contributed by atoms with Gasteiger partial charge in [0.05, 0.1) is 0 Å². The maximum absolute atomic E-state index is 12.0. The molecule has 7 nitrogen and oxygen atoms in total. The number of carbonyl (C=O) groups excluding carboxylic acids is 2. The molecule has 0 aromatic heterocycles. The van der Waals surface area contributed by atoms with Gasteiger partial charge in [0.2, 0.25) is 0 Å². The highest BCUT2D eigenvalue weighted by molar-refractivity contribution is 6.32. The van der Waals surface area contributed by atoms with Gasteiger partial charge in [-0.2, -0.15) is 0 Å². The summed E-state index contributed by atoms with van der Waals surface area (Å²) in [6.07, 6.45) is -0.713. The van der Waals surface area contributed by atoms with Crippen LogP contribution < -0.4 is 20.1 Å². The second-order valence-electron chi connectivity index (χ2n) is 6.55. The van der Waals surface area contributed by atoms with Gasteiger partial charge in [-0.1, -0.05) is 11.6 Å². The van der Waals surface area contributed by atoms with Crippen LogP contribution in [0.3, 0.4) is 0 Å². The molecule has 2 aromatic carbocycles. The third-order valence-electron chi connectivity index (χ3n) is 4.05. The van der Waals surface area contributed by atoms with E-state index in [4.69, 9.17) is 21.1 Å². The van der Waals surface area contributed by atoms with E-state index in [-0.39, 0.29) is 37.3 Å². The molecule has 0 aliphatic heterocycles. The smallest absolute Gasteiger partial charge is 0.260 e. The lowest BCUT2D eigenvalue weighted by Gasteiger charge is -2.15. The number of carbonyl (C=O) groups is 2. The fourth-order valence-corrected chi connectivity index (χ4v) is 2.61. The monoisotopic (exact) mass is 420 g/mol. The van der Waals surface area contributed by atoms with E-state index in [1.54, 1.807) is 31.2 Å². The minimum atomic E-state index is -0.713. The summed E-state index contributed by atoms with van der Waals surface area (Å²) in [6, 6.07) is 9.65. The molecule has 3 N–H and O–H groups in total. The lowest BCUT2D eigenvalue weighted by atomic mass is 10.1. The van der Waals surface area contributed by atoms with Crippen molar-refractivity contribution in [1.29, 1.82) is 0 Å². The van der Waals surface area contributed by atoms with Gasteiger partial charge in [-0.25, -0.2) is 0 Å². The summed E-state index contributed by atoms with van der Waals surface area (Å²) in [7, 11) is 0. The lowest BCUT2D eigenvalue weighted by molar-refractivity contribution is -0.127. The van der Waals surface area contributed by atoms with Crippen LogP contribution in [0.5, 0.6) is 17.2 Å². The van der Waals surface area contributed by atoms with Crippen LogP contribution in [-0.2, 0) is 9.59 Å². The molecule has 0 fully saturated rings. The maximum atomic E-state index is 12.0. The van der Waals surface area contributed by atoms with Crippen molar-refractivity contribution in [3.8, 4) is 17.2 Å². The van der Waals surface area contributed by atoms with Crippen molar-refractivity contribution in [1.82, 2.24) is 10.6 Å². The number of rotatable bonds is 9. The average molecular weight is 421 g/mol. The van der Waals surface area contributed by atoms with Gasteiger partial charge >= 0.3 is 0 Å². The minimum absolute atomic E-state index is 0.121. The van der Waals surface area contributed by atoms with Crippen molar-refractivity contribution in [2.75, 3.05) is 19.7 Å². The summed E-state index contributed by atoms with van der Waals surface area (Å²) in [5.41, 5.74) is 1.77. The van der Waals surface area contributed by atoms with Gasteiger partial charge in [0.25, 0.3) is 11.8 Å². The van der Waals surface area contributed by atoms with E-state index < -0.39 is 6.10 Å². The lowest BCUT2D eigenvalue weighted by Crippen LogP contribution is -2.41. The number of phenols is 1. The van der Waals surface area contributed by atoms with E-state index in [0.717, 1.165) is 11.1 Å². The van der Waals surface area contributed by atoms with Crippen LogP contribution in [0.1, 0.15) is 18.1 Å². The zero-order chi connectivity index (χ0) is 21.4.